The van der Waals surface area contributed by atoms with Crippen molar-refractivity contribution in [2.24, 2.45) is 5.92 Å². The minimum absolute atomic E-state index is 0.0271. The molecule has 164 valence electrons. The maximum Gasteiger partial charge on any atom is 0.321 e. The van der Waals surface area contributed by atoms with E-state index in [1.165, 1.54) is 12.8 Å². The van der Waals surface area contributed by atoms with Gasteiger partial charge in [0.15, 0.2) is 0 Å². The van der Waals surface area contributed by atoms with Gasteiger partial charge in [0.1, 0.15) is 0 Å². The largest absolute Gasteiger partial charge is 0.354 e. The highest BCUT2D eigenvalue weighted by molar-refractivity contribution is 5.95. The van der Waals surface area contributed by atoms with Crippen molar-refractivity contribution in [3.63, 3.8) is 0 Å². The van der Waals surface area contributed by atoms with Crippen LogP contribution in [0.3, 0.4) is 0 Å². The molecule has 30 heavy (non-hydrogen) atoms. The molecule has 1 aromatic carbocycles. The number of hydrogen-bond acceptors (Lipinski definition) is 3. The van der Waals surface area contributed by atoms with Crippen LogP contribution < -0.4 is 10.6 Å². The van der Waals surface area contributed by atoms with Gasteiger partial charge in [0.25, 0.3) is 5.91 Å². The van der Waals surface area contributed by atoms with Crippen LogP contribution in [0.5, 0.6) is 0 Å². The van der Waals surface area contributed by atoms with Crippen LogP contribution in [0.2, 0.25) is 0 Å². The summed E-state index contributed by atoms with van der Waals surface area (Å²) in [6, 6.07) is 7.10. The summed E-state index contributed by atoms with van der Waals surface area (Å²) in [5, 5.41) is 5.85. The van der Waals surface area contributed by atoms with Crippen LogP contribution in [0.15, 0.2) is 24.3 Å². The van der Waals surface area contributed by atoms with E-state index in [4.69, 9.17) is 0 Å². The van der Waals surface area contributed by atoms with Crippen molar-refractivity contribution in [1.29, 1.82) is 0 Å². The van der Waals surface area contributed by atoms with Crippen molar-refractivity contribution in [1.82, 2.24) is 15.1 Å². The second kappa shape index (κ2) is 10.5. The highest BCUT2D eigenvalue weighted by Gasteiger charge is 2.27. The van der Waals surface area contributed by atoms with E-state index >= 15 is 0 Å². The first-order chi connectivity index (χ1) is 14.4. The van der Waals surface area contributed by atoms with Gasteiger partial charge in [0.05, 0.1) is 0 Å². The van der Waals surface area contributed by atoms with Crippen molar-refractivity contribution < 1.29 is 14.4 Å². The molecule has 2 aliphatic rings. The summed E-state index contributed by atoms with van der Waals surface area (Å²) in [5.41, 5.74) is 1.33. The van der Waals surface area contributed by atoms with E-state index in [2.05, 4.69) is 10.6 Å². The molecular formula is C23H34N4O3. The Hall–Kier alpha value is -2.57. The Morgan fingerprint density at radius 2 is 1.47 bits per heavy atom. The molecule has 0 atom stereocenters. The smallest absolute Gasteiger partial charge is 0.321 e. The van der Waals surface area contributed by atoms with Crippen LogP contribution in [0, 0.1) is 5.92 Å². The van der Waals surface area contributed by atoms with E-state index in [0.29, 0.717) is 37.2 Å². The average Bonchev–Trinajstić information content (AvgIpc) is 3.03. The highest BCUT2D eigenvalue weighted by Crippen LogP contribution is 2.20. The van der Waals surface area contributed by atoms with E-state index in [9.17, 15) is 14.4 Å². The third kappa shape index (κ3) is 5.97. The Kier molecular flexibility index (Phi) is 7.71. The zero-order valence-electron chi connectivity index (χ0n) is 18.2. The van der Waals surface area contributed by atoms with Crippen LogP contribution in [0.25, 0.3) is 0 Å². The molecule has 0 radical (unpaired) electrons. The Morgan fingerprint density at radius 1 is 0.867 bits per heavy atom. The average molecular weight is 415 g/mol. The van der Waals surface area contributed by atoms with Gasteiger partial charge in [-0.3, -0.25) is 9.59 Å². The molecule has 2 heterocycles. The number of nitrogens with zero attached hydrogens (tertiary/aromatic N) is 2. The standard InChI is InChI=1S/C23H34N4O3/c1-17(2)24-21(28)18-11-15-27(16-12-18)23(30)25-20-9-7-19(8-10-20)22(29)26-13-5-3-4-6-14-26/h7-10,17-18H,3-6,11-16H2,1-2H3,(H,24,28)(H,25,30). The zero-order valence-corrected chi connectivity index (χ0v) is 18.2. The SMILES string of the molecule is CC(C)NC(=O)C1CCN(C(=O)Nc2ccc(C(=O)N3CCCCCC3)cc2)CC1. The molecule has 0 spiro atoms. The summed E-state index contributed by atoms with van der Waals surface area (Å²) in [6.45, 7) is 6.67. The first kappa shape index (κ1) is 22.1. The molecule has 0 unspecified atom stereocenters. The fraction of sp³-hybridized carbons (Fsp3) is 0.609. The van der Waals surface area contributed by atoms with Crippen molar-refractivity contribution in [3.8, 4) is 0 Å². The number of piperidine rings is 1. The second-order valence-electron chi connectivity index (χ2n) is 8.64. The second-order valence-corrected chi connectivity index (χ2v) is 8.64. The lowest BCUT2D eigenvalue weighted by atomic mass is 9.96. The van der Waals surface area contributed by atoms with E-state index < -0.39 is 0 Å². The normalized spacial score (nSPS) is 18.1. The van der Waals surface area contributed by atoms with Crippen molar-refractivity contribution in [2.45, 2.75) is 58.4 Å². The lowest BCUT2D eigenvalue weighted by molar-refractivity contribution is -0.126. The number of hydrogen-bond donors (Lipinski definition) is 2. The number of carbonyl (C=O) groups is 3. The van der Waals surface area contributed by atoms with Crippen LogP contribution in [-0.2, 0) is 4.79 Å². The topological polar surface area (TPSA) is 81.8 Å². The minimum Gasteiger partial charge on any atom is -0.354 e. The third-order valence-electron chi connectivity index (χ3n) is 5.86. The Bertz CT molecular complexity index is 731. The number of carbonyl (C=O) groups excluding carboxylic acids is 3. The molecule has 0 saturated carbocycles. The minimum atomic E-state index is -0.163. The van der Waals surface area contributed by atoms with Gasteiger partial charge in [-0.2, -0.15) is 0 Å². The lowest BCUT2D eigenvalue weighted by Gasteiger charge is -2.31. The number of urea groups is 1. The fourth-order valence-corrected chi connectivity index (χ4v) is 4.10. The first-order valence-corrected chi connectivity index (χ1v) is 11.2. The number of benzene rings is 1. The van der Waals surface area contributed by atoms with Gasteiger partial charge < -0.3 is 20.4 Å². The van der Waals surface area contributed by atoms with Crippen LogP contribution in [0.1, 0.15) is 62.7 Å². The lowest BCUT2D eigenvalue weighted by Crippen LogP contribution is -2.45. The predicted octanol–water partition coefficient (Wildman–Crippen LogP) is 3.47. The van der Waals surface area contributed by atoms with E-state index in [-0.39, 0.29) is 29.8 Å². The molecular weight excluding hydrogens is 380 g/mol. The number of anilines is 1. The number of rotatable bonds is 4. The zero-order chi connectivity index (χ0) is 21.5. The van der Waals surface area contributed by atoms with E-state index in [1.54, 1.807) is 29.2 Å². The van der Waals surface area contributed by atoms with Crippen LogP contribution in [0.4, 0.5) is 10.5 Å². The predicted molar refractivity (Wildman–Crippen MR) is 117 cm³/mol. The van der Waals surface area contributed by atoms with Gasteiger partial charge in [-0.25, -0.2) is 4.79 Å². The Balaban J connectivity index is 1.49. The summed E-state index contributed by atoms with van der Waals surface area (Å²) in [4.78, 5) is 41.1. The molecule has 0 aliphatic carbocycles. The molecule has 2 N–H and O–H groups in total. The highest BCUT2D eigenvalue weighted by atomic mass is 16.2. The molecule has 1 aromatic rings. The van der Waals surface area contributed by atoms with Gasteiger partial charge in [0.2, 0.25) is 5.91 Å². The van der Waals surface area contributed by atoms with E-state index in [1.807, 2.05) is 18.7 Å². The summed E-state index contributed by atoms with van der Waals surface area (Å²) in [7, 11) is 0. The molecule has 0 aromatic heterocycles. The first-order valence-electron chi connectivity index (χ1n) is 11.2. The summed E-state index contributed by atoms with van der Waals surface area (Å²) in [5.74, 6) is 0.118. The fourth-order valence-electron chi connectivity index (χ4n) is 4.10. The van der Waals surface area contributed by atoms with Crippen molar-refractivity contribution in [3.05, 3.63) is 29.8 Å². The summed E-state index contributed by atoms with van der Waals surface area (Å²) in [6.07, 6.45) is 5.86. The van der Waals surface area contributed by atoms with Crippen molar-refractivity contribution >= 4 is 23.5 Å². The van der Waals surface area contributed by atoms with Gasteiger partial charge >= 0.3 is 6.03 Å². The van der Waals surface area contributed by atoms with Gasteiger partial charge in [-0.15, -0.1) is 0 Å². The van der Waals surface area contributed by atoms with Crippen molar-refractivity contribution in [2.75, 3.05) is 31.5 Å². The molecule has 0 bridgehead atoms. The van der Waals surface area contributed by atoms with Gasteiger partial charge in [-0.05, 0) is 63.8 Å². The van der Waals surface area contributed by atoms with Gasteiger partial charge in [-0.1, -0.05) is 12.8 Å². The monoisotopic (exact) mass is 414 g/mol. The molecule has 2 aliphatic heterocycles. The molecule has 2 fully saturated rings. The Morgan fingerprint density at radius 3 is 2.03 bits per heavy atom. The number of amides is 4. The molecule has 7 heteroatoms. The molecule has 2 saturated heterocycles. The maximum absolute atomic E-state index is 12.7. The Labute approximate surface area is 179 Å². The maximum atomic E-state index is 12.7. The molecule has 4 amide bonds. The summed E-state index contributed by atoms with van der Waals surface area (Å²) >= 11 is 0. The van der Waals surface area contributed by atoms with Crippen LogP contribution >= 0.6 is 0 Å². The number of likely N-dealkylation sites (tertiary alicyclic amines) is 2. The quantitative estimate of drug-likeness (QED) is 0.791. The van der Waals surface area contributed by atoms with Crippen LogP contribution in [-0.4, -0.2) is 59.9 Å². The number of nitrogens with one attached hydrogen (secondary N) is 2. The summed E-state index contributed by atoms with van der Waals surface area (Å²) < 4.78 is 0. The van der Waals surface area contributed by atoms with E-state index in [0.717, 1.165) is 25.9 Å². The van der Waals surface area contributed by atoms with Gasteiger partial charge in [0, 0.05) is 49.4 Å². The molecule has 7 nitrogen and oxygen atoms in total. The third-order valence-corrected chi connectivity index (χ3v) is 5.86. The molecule has 3 rings (SSSR count).